The first-order chi connectivity index (χ1) is 7.63. The van der Waals surface area contributed by atoms with E-state index in [0.29, 0.717) is 12.4 Å². The summed E-state index contributed by atoms with van der Waals surface area (Å²) in [4.78, 5) is 8.04. The Kier molecular flexibility index (Phi) is 3.10. The highest BCUT2D eigenvalue weighted by molar-refractivity contribution is 6.28. The van der Waals surface area contributed by atoms with E-state index in [2.05, 4.69) is 15.3 Å². The zero-order valence-electron chi connectivity index (χ0n) is 9.12. The summed E-state index contributed by atoms with van der Waals surface area (Å²) in [5.74, 6) is 2.46. The van der Waals surface area contributed by atoms with Crippen molar-refractivity contribution in [1.29, 1.82) is 0 Å². The van der Waals surface area contributed by atoms with Gasteiger partial charge in [0.15, 0.2) is 0 Å². The van der Waals surface area contributed by atoms with Gasteiger partial charge in [-0.15, -0.1) is 0 Å². The Bertz CT molecular complexity index is 475. The Balaban J connectivity index is 2.04. The van der Waals surface area contributed by atoms with Crippen LogP contribution in [0.4, 0.5) is 5.82 Å². The first-order valence-corrected chi connectivity index (χ1v) is 5.31. The third kappa shape index (κ3) is 2.73. The molecule has 16 heavy (non-hydrogen) atoms. The molecule has 84 valence electrons. The molecule has 0 aliphatic rings. The summed E-state index contributed by atoms with van der Waals surface area (Å²) in [7, 11) is 0. The number of nitrogens with one attached hydrogen (secondary N) is 1. The number of aromatic nitrogens is 2. The van der Waals surface area contributed by atoms with Crippen LogP contribution >= 0.6 is 11.6 Å². The molecule has 0 bridgehead atoms. The Morgan fingerprint density at radius 1 is 1.31 bits per heavy atom. The lowest BCUT2D eigenvalue weighted by molar-refractivity contribution is 0.490. The van der Waals surface area contributed by atoms with E-state index >= 15 is 0 Å². The summed E-state index contributed by atoms with van der Waals surface area (Å²) >= 11 is 5.75. The molecule has 4 nitrogen and oxygen atoms in total. The number of halogens is 1. The largest absolute Gasteiger partial charge is 0.465 e. The van der Waals surface area contributed by atoms with Gasteiger partial charge in [0, 0.05) is 11.8 Å². The van der Waals surface area contributed by atoms with Gasteiger partial charge in [-0.05, 0) is 37.6 Å². The van der Waals surface area contributed by atoms with E-state index < -0.39 is 0 Å². The van der Waals surface area contributed by atoms with Gasteiger partial charge < -0.3 is 9.73 Å². The van der Waals surface area contributed by atoms with Crippen LogP contribution in [-0.4, -0.2) is 9.97 Å². The second-order valence-electron chi connectivity index (χ2n) is 3.53. The fraction of sp³-hybridized carbons (Fsp3) is 0.273. The van der Waals surface area contributed by atoms with Crippen molar-refractivity contribution in [1.82, 2.24) is 9.97 Å². The molecule has 0 saturated heterocycles. The molecule has 5 heteroatoms. The van der Waals surface area contributed by atoms with Crippen molar-refractivity contribution < 1.29 is 4.42 Å². The van der Waals surface area contributed by atoms with Crippen LogP contribution in [0.3, 0.4) is 0 Å². The number of hydrogen-bond acceptors (Lipinski definition) is 4. The molecule has 0 unspecified atom stereocenters. The first kappa shape index (κ1) is 11.0. The van der Waals surface area contributed by atoms with Crippen LogP contribution in [0.25, 0.3) is 0 Å². The van der Waals surface area contributed by atoms with Crippen LogP contribution in [-0.2, 0) is 6.54 Å². The zero-order chi connectivity index (χ0) is 11.5. The first-order valence-electron chi connectivity index (χ1n) is 4.94. The summed E-state index contributed by atoms with van der Waals surface area (Å²) in [5, 5.41) is 3.37. The number of anilines is 1. The maximum Gasteiger partial charge on any atom is 0.224 e. The van der Waals surface area contributed by atoms with Crippen LogP contribution < -0.4 is 5.32 Å². The van der Waals surface area contributed by atoms with Gasteiger partial charge in [0.1, 0.15) is 17.3 Å². The highest BCUT2D eigenvalue weighted by Crippen LogP contribution is 2.12. The summed E-state index contributed by atoms with van der Waals surface area (Å²) in [6, 6.07) is 5.69. The van der Waals surface area contributed by atoms with Crippen molar-refractivity contribution in [2.45, 2.75) is 20.4 Å². The molecule has 2 rings (SSSR count). The number of rotatable bonds is 3. The molecular formula is C11H12ClN3O. The molecule has 0 aromatic carbocycles. The average Bonchev–Trinajstić information content (AvgIpc) is 2.60. The fourth-order valence-electron chi connectivity index (χ4n) is 1.38. The molecule has 0 radical (unpaired) electrons. The van der Waals surface area contributed by atoms with Crippen molar-refractivity contribution in [2.75, 3.05) is 5.32 Å². The Labute approximate surface area is 98.7 Å². The highest BCUT2D eigenvalue weighted by atomic mass is 35.5. The van der Waals surface area contributed by atoms with E-state index in [0.717, 1.165) is 17.2 Å². The van der Waals surface area contributed by atoms with E-state index in [9.17, 15) is 0 Å². The summed E-state index contributed by atoms with van der Waals surface area (Å²) in [5.41, 5.74) is 0.832. The van der Waals surface area contributed by atoms with Gasteiger partial charge in [0.2, 0.25) is 5.28 Å². The van der Waals surface area contributed by atoms with Crippen LogP contribution in [0.2, 0.25) is 5.28 Å². The van der Waals surface area contributed by atoms with Crippen molar-refractivity contribution in [2.24, 2.45) is 0 Å². The van der Waals surface area contributed by atoms with E-state index in [1.54, 1.807) is 0 Å². The van der Waals surface area contributed by atoms with Gasteiger partial charge in [-0.1, -0.05) is 0 Å². The van der Waals surface area contributed by atoms with Crippen molar-refractivity contribution in [3.63, 3.8) is 0 Å². The van der Waals surface area contributed by atoms with Crippen molar-refractivity contribution in [3.05, 3.63) is 40.7 Å². The maximum absolute atomic E-state index is 5.75. The molecule has 0 saturated carbocycles. The molecule has 0 spiro atoms. The smallest absolute Gasteiger partial charge is 0.224 e. The van der Waals surface area contributed by atoms with Crippen LogP contribution in [0, 0.1) is 13.8 Å². The molecule has 2 heterocycles. The summed E-state index contributed by atoms with van der Waals surface area (Å²) in [6.45, 7) is 4.37. The van der Waals surface area contributed by atoms with E-state index in [4.69, 9.17) is 16.0 Å². The molecule has 0 amide bonds. The molecule has 0 fully saturated rings. The van der Waals surface area contributed by atoms with Gasteiger partial charge >= 0.3 is 0 Å². The normalized spacial score (nSPS) is 10.4. The van der Waals surface area contributed by atoms with E-state index in [1.165, 1.54) is 0 Å². The summed E-state index contributed by atoms with van der Waals surface area (Å²) in [6.07, 6.45) is 0. The van der Waals surface area contributed by atoms with Crippen LogP contribution in [0.15, 0.2) is 22.6 Å². The van der Waals surface area contributed by atoms with Crippen LogP contribution in [0.5, 0.6) is 0 Å². The minimum atomic E-state index is 0.248. The standard InChI is InChI=1S/C11H12ClN3O/c1-7-5-10(15-11(12)14-7)13-6-9-4-3-8(2)16-9/h3-5H,6H2,1-2H3,(H,13,14,15). The molecule has 0 aliphatic carbocycles. The van der Waals surface area contributed by atoms with E-state index in [1.807, 2.05) is 32.0 Å². The Hall–Kier alpha value is -1.55. The lowest BCUT2D eigenvalue weighted by atomic mass is 10.4. The monoisotopic (exact) mass is 237 g/mol. The molecule has 1 N–H and O–H groups in total. The lowest BCUT2D eigenvalue weighted by Gasteiger charge is -2.04. The topological polar surface area (TPSA) is 51.0 Å². The number of hydrogen-bond donors (Lipinski definition) is 1. The second-order valence-corrected chi connectivity index (χ2v) is 3.87. The van der Waals surface area contributed by atoms with Crippen LogP contribution in [0.1, 0.15) is 17.2 Å². The average molecular weight is 238 g/mol. The van der Waals surface area contributed by atoms with Gasteiger partial charge in [-0.3, -0.25) is 0 Å². The van der Waals surface area contributed by atoms with Crippen molar-refractivity contribution in [3.8, 4) is 0 Å². The van der Waals surface area contributed by atoms with Crippen molar-refractivity contribution >= 4 is 17.4 Å². The SMILES string of the molecule is Cc1cc(NCc2ccc(C)o2)nc(Cl)n1. The lowest BCUT2D eigenvalue weighted by Crippen LogP contribution is -2.02. The number of furan rings is 1. The number of aryl methyl sites for hydroxylation is 2. The quantitative estimate of drug-likeness (QED) is 0.834. The minimum Gasteiger partial charge on any atom is -0.465 e. The predicted molar refractivity (Wildman–Crippen MR) is 62.6 cm³/mol. The van der Waals surface area contributed by atoms with Gasteiger partial charge in [0.25, 0.3) is 0 Å². The maximum atomic E-state index is 5.75. The fourth-order valence-corrected chi connectivity index (χ4v) is 1.61. The zero-order valence-corrected chi connectivity index (χ0v) is 9.88. The van der Waals surface area contributed by atoms with Gasteiger partial charge in [0.05, 0.1) is 6.54 Å². The molecule has 0 atom stereocenters. The second kappa shape index (κ2) is 4.53. The Morgan fingerprint density at radius 2 is 2.12 bits per heavy atom. The predicted octanol–water partition coefficient (Wildman–Crippen LogP) is 2.95. The molecule has 2 aromatic rings. The van der Waals surface area contributed by atoms with Gasteiger partial charge in [-0.2, -0.15) is 0 Å². The third-order valence-electron chi connectivity index (χ3n) is 2.07. The number of nitrogens with zero attached hydrogens (tertiary/aromatic N) is 2. The minimum absolute atomic E-state index is 0.248. The third-order valence-corrected chi connectivity index (χ3v) is 2.24. The summed E-state index contributed by atoms with van der Waals surface area (Å²) < 4.78 is 5.43. The highest BCUT2D eigenvalue weighted by Gasteiger charge is 2.01. The molecular weight excluding hydrogens is 226 g/mol. The Morgan fingerprint density at radius 3 is 2.75 bits per heavy atom. The molecule has 2 aromatic heterocycles. The van der Waals surface area contributed by atoms with E-state index in [-0.39, 0.29) is 5.28 Å². The molecule has 0 aliphatic heterocycles. The van der Waals surface area contributed by atoms with Gasteiger partial charge in [-0.25, -0.2) is 9.97 Å².